The molecule has 3 unspecified atom stereocenters. The third kappa shape index (κ3) is 3.40. The summed E-state index contributed by atoms with van der Waals surface area (Å²) in [6, 6.07) is 5.56. The number of likely N-dealkylation sites (tertiary alicyclic amines) is 1. The van der Waals surface area contributed by atoms with Crippen LogP contribution < -0.4 is 15.2 Å². The minimum Gasteiger partial charge on any atom is -0.497 e. The highest BCUT2D eigenvalue weighted by atomic mass is 35.5. The van der Waals surface area contributed by atoms with E-state index in [1.54, 1.807) is 32.4 Å². The topological polar surface area (TPSA) is 64.8 Å². The smallest absolute Gasteiger partial charge is 0.257 e. The molecule has 0 spiro atoms. The minimum absolute atomic E-state index is 0. The third-order valence-corrected chi connectivity index (χ3v) is 5.08. The number of ether oxygens (including phenoxy) is 2. The van der Waals surface area contributed by atoms with E-state index in [9.17, 15) is 4.79 Å². The summed E-state index contributed by atoms with van der Waals surface area (Å²) in [5.41, 5.74) is 6.83. The molecule has 1 aromatic rings. The van der Waals surface area contributed by atoms with Gasteiger partial charge in [-0.2, -0.15) is 0 Å². The van der Waals surface area contributed by atoms with Crippen molar-refractivity contribution in [3.05, 3.63) is 23.8 Å². The van der Waals surface area contributed by atoms with E-state index < -0.39 is 0 Å². The molecule has 2 fully saturated rings. The molecule has 1 heterocycles. The van der Waals surface area contributed by atoms with Gasteiger partial charge in [0.25, 0.3) is 5.91 Å². The predicted octanol–water partition coefficient (Wildman–Crippen LogP) is 2.33. The van der Waals surface area contributed by atoms with E-state index in [4.69, 9.17) is 15.2 Å². The number of benzene rings is 1. The minimum atomic E-state index is 0. The molecular formula is C17H25ClN2O3. The normalized spacial score (nSPS) is 26.2. The molecule has 1 aromatic carbocycles. The van der Waals surface area contributed by atoms with E-state index >= 15 is 0 Å². The number of halogens is 1. The molecule has 1 aliphatic heterocycles. The van der Waals surface area contributed by atoms with Crippen molar-refractivity contribution in [3.63, 3.8) is 0 Å². The Morgan fingerprint density at radius 1 is 1.22 bits per heavy atom. The number of methoxy groups -OCH3 is 2. The zero-order chi connectivity index (χ0) is 15.7. The Bertz CT molecular complexity index is 567. The molecule has 3 atom stereocenters. The van der Waals surface area contributed by atoms with Crippen molar-refractivity contribution < 1.29 is 14.3 Å². The van der Waals surface area contributed by atoms with Gasteiger partial charge in [0.1, 0.15) is 11.5 Å². The summed E-state index contributed by atoms with van der Waals surface area (Å²) in [7, 11) is 3.17. The molecule has 1 saturated carbocycles. The second-order valence-corrected chi connectivity index (χ2v) is 6.30. The number of carbonyl (C=O) groups is 1. The fourth-order valence-corrected chi connectivity index (χ4v) is 3.83. The molecular weight excluding hydrogens is 316 g/mol. The van der Waals surface area contributed by atoms with Gasteiger partial charge in [-0.3, -0.25) is 4.79 Å². The van der Waals surface area contributed by atoms with Crippen LogP contribution in [0.15, 0.2) is 18.2 Å². The van der Waals surface area contributed by atoms with Crippen molar-refractivity contribution in [3.8, 4) is 11.5 Å². The number of rotatable bonds is 3. The fourth-order valence-electron chi connectivity index (χ4n) is 3.83. The summed E-state index contributed by atoms with van der Waals surface area (Å²) < 4.78 is 10.5. The summed E-state index contributed by atoms with van der Waals surface area (Å²) in [5.74, 6) is 2.27. The van der Waals surface area contributed by atoms with Gasteiger partial charge in [-0.1, -0.05) is 6.42 Å². The van der Waals surface area contributed by atoms with Crippen LogP contribution in [-0.4, -0.2) is 44.2 Å². The number of fused-ring (bicyclic) bond motifs is 1. The Kier molecular flexibility index (Phi) is 5.76. The van der Waals surface area contributed by atoms with Crippen molar-refractivity contribution in [1.82, 2.24) is 4.90 Å². The fraction of sp³-hybridized carbons (Fsp3) is 0.588. The van der Waals surface area contributed by atoms with E-state index in [1.165, 1.54) is 12.8 Å². The number of nitrogens with zero attached hydrogens (tertiary/aromatic N) is 1. The first-order valence-corrected chi connectivity index (χ1v) is 7.91. The molecule has 0 radical (unpaired) electrons. The van der Waals surface area contributed by atoms with Crippen LogP contribution >= 0.6 is 12.4 Å². The summed E-state index contributed by atoms with van der Waals surface area (Å²) in [6.45, 7) is 1.58. The van der Waals surface area contributed by atoms with E-state index in [0.29, 0.717) is 28.9 Å². The van der Waals surface area contributed by atoms with Gasteiger partial charge >= 0.3 is 0 Å². The van der Waals surface area contributed by atoms with Crippen LogP contribution in [0.5, 0.6) is 11.5 Å². The molecule has 1 amide bonds. The van der Waals surface area contributed by atoms with Crippen molar-refractivity contribution in [2.45, 2.75) is 25.3 Å². The maximum atomic E-state index is 12.8. The highest BCUT2D eigenvalue weighted by Gasteiger charge is 2.40. The molecule has 23 heavy (non-hydrogen) atoms. The first-order chi connectivity index (χ1) is 10.6. The molecule has 3 rings (SSSR count). The average molecular weight is 341 g/mol. The average Bonchev–Trinajstić information content (AvgIpc) is 2.99. The quantitative estimate of drug-likeness (QED) is 0.917. The standard InChI is InChI=1S/C17H24N2O3.ClH/c1-21-12-6-7-13(16(8-12)22-2)17(20)19-9-11-4-3-5-15(18)14(11)10-19;/h6-8,11,14-15H,3-5,9-10,18H2,1-2H3;1H. The molecule has 128 valence electrons. The number of amides is 1. The Morgan fingerprint density at radius 2 is 2.00 bits per heavy atom. The van der Waals surface area contributed by atoms with Crippen LogP contribution in [0, 0.1) is 11.8 Å². The summed E-state index contributed by atoms with van der Waals surface area (Å²) in [6.07, 6.45) is 3.44. The SMILES string of the molecule is COc1ccc(C(=O)N2CC3CCCC(N)C3C2)c(OC)c1.Cl. The maximum Gasteiger partial charge on any atom is 0.257 e. The van der Waals surface area contributed by atoms with Crippen LogP contribution in [-0.2, 0) is 0 Å². The molecule has 0 aromatic heterocycles. The molecule has 2 aliphatic rings. The highest BCUT2D eigenvalue weighted by molar-refractivity contribution is 5.97. The zero-order valence-electron chi connectivity index (χ0n) is 13.7. The monoisotopic (exact) mass is 340 g/mol. The predicted molar refractivity (Wildman–Crippen MR) is 91.5 cm³/mol. The lowest BCUT2D eigenvalue weighted by Crippen LogP contribution is -2.38. The number of carbonyl (C=O) groups excluding carboxylic acids is 1. The Balaban J connectivity index is 0.00000192. The lowest BCUT2D eigenvalue weighted by atomic mass is 9.78. The van der Waals surface area contributed by atoms with Gasteiger partial charge in [0.05, 0.1) is 19.8 Å². The molecule has 1 saturated heterocycles. The van der Waals surface area contributed by atoms with Gasteiger partial charge in [-0.05, 0) is 36.8 Å². The van der Waals surface area contributed by atoms with Gasteiger partial charge in [0.15, 0.2) is 0 Å². The lowest BCUT2D eigenvalue weighted by molar-refractivity contribution is 0.0780. The second-order valence-electron chi connectivity index (χ2n) is 6.30. The number of nitrogens with two attached hydrogens (primary N) is 1. The summed E-state index contributed by atoms with van der Waals surface area (Å²) in [4.78, 5) is 14.8. The van der Waals surface area contributed by atoms with Gasteiger partial charge in [0.2, 0.25) is 0 Å². The first kappa shape index (κ1) is 17.9. The molecule has 2 N–H and O–H groups in total. The van der Waals surface area contributed by atoms with Crippen molar-refractivity contribution in [2.75, 3.05) is 27.3 Å². The van der Waals surface area contributed by atoms with E-state index in [-0.39, 0.29) is 24.4 Å². The van der Waals surface area contributed by atoms with E-state index in [1.807, 2.05) is 4.90 Å². The maximum absolute atomic E-state index is 12.8. The largest absolute Gasteiger partial charge is 0.497 e. The van der Waals surface area contributed by atoms with E-state index in [0.717, 1.165) is 19.5 Å². The van der Waals surface area contributed by atoms with Crippen LogP contribution in [0.4, 0.5) is 0 Å². The number of hydrogen-bond acceptors (Lipinski definition) is 4. The first-order valence-electron chi connectivity index (χ1n) is 7.91. The van der Waals surface area contributed by atoms with E-state index in [2.05, 4.69) is 0 Å². The Labute approximate surface area is 143 Å². The summed E-state index contributed by atoms with van der Waals surface area (Å²) in [5, 5.41) is 0. The molecule has 6 heteroatoms. The van der Waals surface area contributed by atoms with Crippen LogP contribution in [0.3, 0.4) is 0 Å². The molecule has 0 bridgehead atoms. The lowest BCUT2D eigenvalue weighted by Gasteiger charge is -2.29. The van der Waals surface area contributed by atoms with Crippen molar-refractivity contribution in [1.29, 1.82) is 0 Å². The summed E-state index contributed by atoms with van der Waals surface area (Å²) >= 11 is 0. The van der Waals surface area contributed by atoms with Crippen molar-refractivity contribution in [2.24, 2.45) is 17.6 Å². The molecule has 5 nitrogen and oxygen atoms in total. The van der Waals surface area contributed by atoms with Crippen LogP contribution in [0.2, 0.25) is 0 Å². The Morgan fingerprint density at radius 3 is 2.65 bits per heavy atom. The number of hydrogen-bond donors (Lipinski definition) is 1. The van der Waals surface area contributed by atoms with Crippen LogP contribution in [0.25, 0.3) is 0 Å². The Hall–Kier alpha value is -1.46. The van der Waals surface area contributed by atoms with Gasteiger partial charge in [-0.25, -0.2) is 0 Å². The van der Waals surface area contributed by atoms with Gasteiger partial charge in [0, 0.05) is 25.2 Å². The zero-order valence-corrected chi connectivity index (χ0v) is 14.5. The van der Waals surface area contributed by atoms with Crippen LogP contribution in [0.1, 0.15) is 29.6 Å². The second kappa shape index (κ2) is 7.41. The highest BCUT2D eigenvalue weighted by Crippen LogP contribution is 2.37. The van der Waals surface area contributed by atoms with Crippen molar-refractivity contribution >= 4 is 18.3 Å². The molecule has 1 aliphatic carbocycles. The van der Waals surface area contributed by atoms with Gasteiger partial charge in [-0.15, -0.1) is 12.4 Å². The third-order valence-electron chi connectivity index (χ3n) is 5.08. The van der Waals surface area contributed by atoms with Gasteiger partial charge < -0.3 is 20.1 Å².